The van der Waals surface area contributed by atoms with Gasteiger partial charge in [0.15, 0.2) is 0 Å². The molecule has 0 aliphatic carbocycles. The van der Waals surface area contributed by atoms with Crippen molar-refractivity contribution in [1.82, 2.24) is 14.0 Å². The van der Waals surface area contributed by atoms with Crippen molar-refractivity contribution < 1.29 is 45.4 Å². The monoisotopic (exact) mass is 566 g/mol. The smallest absolute Gasteiger partial charge is 0.475 e. The van der Waals surface area contributed by atoms with Crippen molar-refractivity contribution in [2.24, 2.45) is 5.73 Å². The van der Waals surface area contributed by atoms with Crippen molar-refractivity contribution in [3.63, 3.8) is 0 Å². The van der Waals surface area contributed by atoms with Crippen LogP contribution >= 0.6 is 0 Å². The number of hydrogen-bond acceptors (Lipinski definition) is 4. The molecule has 0 bridgehead atoms. The van der Waals surface area contributed by atoms with E-state index >= 15 is 0 Å². The number of aliphatic carboxylic acids is 1. The predicted octanol–water partition coefficient (Wildman–Crippen LogP) is 4.08. The normalized spacial score (nSPS) is 11.9. The maximum atomic E-state index is 14.0. The third-order valence-electron chi connectivity index (χ3n) is 5.73. The molecule has 214 valence electrons. The Labute approximate surface area is 217 Å². The second-order valence-electron chi connectivity index (χ2n) is 8.23. The number of hydrogen-bond donors (Lipinski definition) is 2. The van der Waals surface area contributed by atoms with Crippen LogP contribution in [0.3, 0.4) is 0 Å². The Kier molecular flexibility index (Phi) is 9.90. The molecule has 0 aliphatic rings. The van der Waals surface area contributed by atoms with E-state index < -0.39 is 41.3 Å². The minimum Gasteiger partial charge on any atom is -0.475 e. The molecule has 0 atom stereocenters. The number of nitrogens with zero attached hydrogens (tertiary/aromatic N) is 3. The first-order valence-corrected chi connectivity index (χ1v) is 11.4. The summed E-state index contributed by atoms with van der Waals surface area (Å²) < 4.78 is 89.1. The van der Waals surface area contributed by atoms with E-state index in [-0.39, 0.29) is 29.7 Å². The molecule has 1 aromatic heterocycles. The fourth-order valence-corrected chi connectivity index (χ4v) is 3.73. The number of halogens is 7. The lowest BCUT2D eigenvalue weighted by atomic mass is 10.1. The maximum Gasteiger partial charge on any atom is 0.490 e. The number of benzene rings is 2. The van der Waals surface area contributed by atoms with E-state index in [4.69, 9.17) is 15.6 Å². The lowest BCUT2D eigenvalue weighted by molar-refractivity contribution is -0.192. The number of nitrogens with two attached hydrogens (primary N) is 1. The Bertz CT molecular complexity index is 1370. The van der Waals surface area contributed by atoms with E-state index in [1.165, 1.54) is 34.9 Å². The van der Waals surface area contributed by atoms with E-state index in [2.05, 4.69) is 0 Å². The zero-order valence-electron chi connectivity index (χ0n) is 20.7. The molecule has 1 amide bonds. The van der Waals surface area contributed by atoms with Gasteiger partial charge in [0.25, 0.3) is 0 Å². The van der Waals surface area contributed by atoms with Crippen LogP contribution in [-0.2, 0) is 24.1 Å². The fraction of sp³-hybridized carbons (Fsp3) is 0.375. The van der Waals surface area contributed by atoms with Crippen molar-refractivity contribution >= 4 is 22.9 Å². The molecule has 0 unspecified atom stereocenters. The fourth-order valence-electron chi connectivity index (χ4n) is 3.73. The topological polar surface area (TPSA) is 111 Å². The largest absolute Gasteiger partial charge is 0.490 e. The summed E-state index contributed by atoms with van der Waals surface area (Å²) in [7, 11) is 0. The number of primary amides is 1. The van der Waals surface area contributed by atoms with Gasteiger partial charge in [-0.25, -0.2) is 14.0 Å². The molecule has 0 saturated heterocycles. The average Bonchev–Trinajstić information content (AvgIpc) is 3.10. The van der Waals surface area contributed by atoms with Crippen LogP contribution in [0, 0.1) is 5.82 Å². The highest BCUT2D eigenvalue weighted by atomic mass is 19.4. The van der Waals surface area contributed by atoms with Crippen molar-refractivity contribution in [2.75, 3.05) is 19.6 Å². The Hall–Kier alpha value is -3.88. The van der Waals surface area contributed by atoms with E-state index in [0.29, 0.717) is 31.3 Å². The lowest BCUT2D eigenvalue weighted by Crippen LogP contribution is -2.32. The van der Waals surface area contributed by atoms with Gasteiger partial charge >= 0.3 is 24.0 Å². The number of amides is 1. The van der Waals surface area contributed by atoms with Crippen LogP contribution in [0.15, 0.2) is 41.2 Å². The highest BCUT2D eigenvalue weighted by Gasteiger charge is 2.38. The number of likely N-dealkylation sites (N-methyl/N-ethyl adjacent to an activating group) is 1. The van der Waals surface area contributed by atoms with Gasteiger partial charge in [-0.3, -0.25) is 13.9 Å². The van der Waals surface area contributed by atoms with Crippen LogP contribution in [0.1, 0.15) is 35.3 Å². The first kappa shape index (κ1) is 31.3. The van der Waals surface area contributed by atoms with Crippen molar-refractivity contribution in [1.29, 1.82) is 0 Å². The molecule has 3 aromatic rings. The van der Waals surface area contributed by atoms with Gasteiger partial charge in [-0.2, -0.15) is 26.3 Å². The summed E-state index contributed by atoms with van der Waals surface area (Å²) in [5, 5.41) is 7.12. The number of aromatic nitrogens is 2. The summed E-state index contributed by atoms with van der Waals surface area (Å²) in [6.07, 6.45) is -9.91. The second-order valence-corrected chi connectivity index (χ2v) is 8.23. The summed E-state index contributed by atoms with van der Waals surface area (Å²) in [6, 6.07) is 7.06. The molecule has 0 fully saturated rings. The number of carboxylic acids is 1. The Balaban J connectivity index is 0.000000673. The highest BCUT2D eigenvalue weighted by molar-refractivity contribution is 5.97. The van der Waals surface area contributed by atoms with Gasteiger partial charge in [0.2, 0.25) is 5.91 Å². The molecular weight excluding hydrogens is 541 g/mol. The molecule has 1 heterocycles. The third kappa shape index (κ3) is 7.81. The standard InChI is InChI=1S/C22H24F4N4O2.C2HF3O2/c1-3-28(4-2)9-10-29-18-12-15(20(27)31)11-17(22(24,25)26)19(18)30(21(29)32)13-14-5-7-16(23)8-6-14;3-2(4,5)1(6)7/h5-8,11-12H,3-4,9-10,13H2,1-2H3,(H2,27,31);(H,6,7). The third-order valence-corrected chi connectivity index (χ3v) is 5.73. The van der Waals surface area contributed by atoms with E-state index in [9.17, 15) is 40.3 Å². The second kappa shape index (κ2) is 12.3. The van der Waals surface area contributed by atoms with Crippen molar-refractivity contribution in [2.45, 2.75) is 39.3 Å². The molecular formula is C24H25F7N4O4. The number of rotatable bonds is 8. The minimum atomic E-state index is -5.08. The summed E-state index contributed by atoms with van der Waals surface area (Å²) in [5.74, 6) is -4.27. The number of carbonyl (C=O) groups excluding carboxylic acids is 1. The average molecular weight is 566 g/mol. The minimum absolute atomic E-state index is 0.0205. The summed E-state index contributed by atoms with van der Waals surface area (Å²) in [5.41, 5.74) is 3.27. The van der Waals surface area contributed by atoms with Crippen LogP contribution in [0.2, 0.25) is 0 Å². The molecule has 0 aliphatic heterocycles. The van der Waals surface area contributed by atoms with E-state index in [0.717, 1.165) is 4.57 Å². The molecule has 3 rings (SSSR count). The Morgan fingerprint density at radius 1 is 0.974 bits per heavy atom. The maximum absolute atomic E-state index is 14.0. The van der Waals surface area contributed by atoms with Gasteiger partial charge in [-0.1, -0.05) is 26.0 Å². The lowest BCUT2D eigenvalue weighted by Gasteiger charge is -2.18. The van der Waals surface area contributed by atoms with Crippen LogP contribution in [-0.4, -0.2) is 56.8 Å². The van der Waals surface area contributed by atoms with E-state index in [1.54, 1.807) is 0 Å². The quantitative estimate of drug-likeness (QED) is 0.400. The van der Waals surface area contributed by atoms with Crippen LogP contribution in [0.4, 0.5) is 30.7 Å². The molecule has 3 N–H and O–H groups in total. The number of alkyl halides is 6. The molecule has 2 aromatic carbocycles. The summed E-state index contributed by atoms with van der Waals surface area (Å²) in [4.78, 5) is 35.9. The number of fused-ring (bicyclic) bond motifs is 1. The number of carbonyl (C=O) groups is 2. The van der Waals surface area contributed by atoms with Crippen LogP contribution < -0.4 is 11.4 Å². The first-order valence-electron chi connectivity index (χ1n) is 11.4. The number of carboxylic acid groups (broad SMARTS) is 1. The zero-order valence-corrected chi connectivity index (χ0v) is 20.7. The molecule has 0 saturated carbocycles. The first-order chi connectivity index (χ1) is 18.0. The van der Waals surface area contributed by atoms with Gasteiger partial charge < -0.3 is 15.7 Å². The Morgan fingerprint density at radius 3 is 1.95 bits per heavy atom. The SMILES string of the molecule is CCN(CC)CCn1c(=O)n(Cc2ccc(F)cc2)c2c(C(F)(F)F)cc(C(N)=O)cc21.O=C(O)C(F)(F)F. The van der Waals surface area contributed by atoms with Crippen LogP contribution in [0.25, 0.3) is 11.0 Å². The predicted molar refractivity (Wildman–Crippen MR) is 127 cm³/mol. The van der Waals surface area contributed by atoms with Gasteiger partial charge in [0.1, 0.15) is 5.82 Å². The molecule has 0 spiro atoms. The molecule has 39 heavy (non-hydrogen) atoms. The highest BCUT2D eigenvalue weighted by Crippen LogP contribution is 2.36. The van der Waals surface area contributed by atoms with Crippen molar-refractivity contribution in [3.8, 4) is 0 Å². The molecule has 0 radical (unpaired) electrons. The molecule has 15 heteroatoms. The van der Waals surface area contributed by atoms with Gasteiger partial charge in [-0.05, 0) is 42.9 Å². The van der Waals surface area contributed by atoms with Gasteiger partial charge in [0.05, 0.1) is 23.1 Å². The zero-order chi connectivity index (χ0) is 29.7. The Morgan fingerprint density at radius 2 is 1.51 bits per heavy atom. The van der Waals surface area contributed by atoms with Gasteiger partial charge in [0, 0.05) is 18.7 Å². The number of imidazole rings is 1. The van der Waals surface area contributed by atoms with Gasteiger partial charge in [-0.15, -0.1) is 0 Å². The summed E-state index contributed by atoms with van der Waals surface area (Å²) >= 11 is 0. The van der Waals surface area contributed by atoms with E-state index in [1.807, 2.05) is 18.7 Å². The van der Waals surface area contributed by atoms with Crippen molar-refractivity contribution in [3.05, 3.63) is 69.4 Å². The van der Waals surface area contributed by atoms with Crippen LogP contribution in [0.5, 0.6) is 0 Å². The summed E-state index contributed by atoms with van der Waals surface area (Å²) in [6.45, 7) is 5.68. The molecule has 8 nitrogen and oxygen atoms in total.